The minimum Gasteiger partial charge on any atom is -0.390 e. The molecular formula is C12H14O2. The van der Waals surface area contributed by atoms with Gasteiger partial charge in [-0.1, -0.05) is 30.3 Å². The van der Waals surface area contributed by atoms with Gasteiger partial charge in [-0.2, -0.15) is 0 Å². The Labute approximate surface area is 83.5 Å². The van der Waals surface area contributed by atoms with Crippen LogP contribution in [-0.4, -0.2) is 22.4 Å². The van der Waals surface area contributed by atoms with Crippen LogP contribution in [0, 0.1) is 0 Å². The van der Waals surface area contributed by atoms with E-state index in [4.69, 9.17) is 0 Å². The Morgan fingerprint density at radius 3 is 2.43 bits per heavy atom. The number of allylic oxidation sites excluding steroid dienone is 1. The van der Waals surface area contributed by atoms with Gasteiger partial charge < -0.3 is 10.2 Å². The van der Waals surface area contributed by atoms with Gasteiger partial charge in [0.25, 0.3) is 0 Å². The average Bonchev–Trinajstić information content (AvgIpc) is 2.23. The molecule has 0 aromatic heterocycles. The molecule has 0 spiro atoms. The molecule has 0 bridgehead atoms. The van der Waals surface area contributed by atoms with Gasteiger partial charge in [-0.25, -0.2) is 0 Å². The topological polar surface area (TPSA) is 40.5 Å². The van der Waals surface area contributed by atoms with Crippen LogP contribution in [-0.2, 0) is 0 Å². The molecule has 0 aliphatic heterocycles. The predicted octanol–water partition coefficient (Wildman–Crippen LogP) is 1.59. The molecular weight excluding hydrogens is 176 g/mol. The van der Waals surface area contributed by atoms with Crippen molar-refractivity contribution in [2.24, 2.45) is 0 Å². The van der Waals surface area contributed by atoms with Crippen LogP contribution in [0.2, 0.25) is 0 Å². The number of aliphatic hydroxyl groups excluding tert-OH is 2. The van der Waals surface area contributed by atoms with Gasteiger partial charge in [0.05, 0.1) is 12.2 Å². The quantitative estimate of drug-likeness (QED) is 0.706. The van der Waals surface area contributed by atoms with Crippen molar-refractivity contribution >= 4 is 5.57 Å². The van der Waals surface area contributed by atoms with Crippen LogP contribution < -0.4 is 0 Å². The lowest BCUT2D eigenvalue weighted by Crippen LogP contribution is -2.27. The zero-order valence-corrected chi connectivity index (χ0v) is 7.93. The highest BCUT2D eigenvalue weighted by molar-refractivity contribution is 5.66. The summed E-state index contributed by atoms with van der Waals surface area (Å²) in [5.41, 5.74) is 2.27. The molecule has 0 unspecified atom stereocenters. The highest BCUT2D eigenvalue weighted by Gasteiger charge is 2.20. The fourth-order valence-electron chi connectivity index (χ4n) is 1.77. The molecule has 0 radical (unpaired) electrons. The standard InChI is InChI=1S/C12H14O2/c13-11-7-6-10(8-12(11)14)9-4-2-1-3-5-9/h1-5,8,11-14H,6-7H2/t11-,12-/m1/s1. The summed E-state index contributed by atoms with van der Waals surface area (Å²) in [6.45, 7) is 0. The molecule has 0 saturated heterocycles. The predicted molar refractivity (Wildman–Crippen MR) is 55.7 cm³/mol. The van der Waals surface area contributed by atoms with E-state index in [2.05, 4.69) is 0 Å². The van der Waals surface area contributed by atoms with Crippen molar-refractivity contribution in [2.45, 2.75) is 25.0 Å². The third kappa shape index (κ3) is 1.86. The molecule has 1 aromatic carbocycles. The number of hydrogen-bond acceptors (Lipinski definition) is 2. The number of benzene rings is 1. The van der Waals surface area contributed by atoms with Crippen molar-refractivity contribution in [3.05, 3.63) is 42.0 Å². The van der Waals surface area contributed by atoms with Gasteiger partial charge in [0.1, 0.15) is 0 Å². The summed E-state index contributed by atoms with van der Waals surface area (Å²) in [6, 6.07) is 9.98. The van der Waals surface area contributed by atoms with Gasteiger partial charge in [-0.15, -0.1) is 0 Å². The van der Waals surface area contributed by atoms with Gasteiger partial charge in [0, 0.05) is 0 Å². The zero-order chi connectivity index (χ0) is 9.97. The van der Waals surface area contributed by atoms with E-state index >= 15 is 0 Å². The molecule has 0 heterocycles. The fraction of sp³-hybridized carbons (Fsp3) is 0.333. The maximum atomic E-state index is 9.48. The van der Waals surface area contributed by atoms with Crippen molar-refractivity contribution < 1.29 is 10.2 Å². The van der Waals surface area contributed by atoms with Gasteiger partial charge in [-0.05, 0) is 30.1 Å². The van der Waals surface area contributed by atoms with Crippen molar-refractivity contribution in [2.75, 3.05) is 0 Å². The summed E-state index contributed by atoms with van der Waals surface area (Å²) < 4.78 is 0. The lowest BCUT2D eigenvalue weighted by molar-refractivity contribution is 0.0403. The van der Waals surface area contributed by atoms with Crippen molar-refractivity contribution in [1.82, 2.24) is 0 Å². The Bertz CT molecular complexity index is 329. The van der Waals surface area contributed by atoms with Crippen LogP contribution in [0.5, 0.6) is 0 Å². The summed E-state index contributed by atoms with van der Waals surface area (Å²) in [5, 5.41) is 18.8. The molecule has 0 fully saturated rings. The summed E-state index contributed by atoms with van der Waals surface area (Å²) in [7, 11) is 0. The third-order valence-electron chi connectivity index (χ3n) is 2.62. The molecule has 2 rings (SSSR count). The highest BCUT2D eigenvalue weighted by atomic mass is 16.3. The summed E-state index contributed by atoms with van der Waals surface area (Å²) in [5.74, 6) is 0. The van der Waals surface area contributed by atoms with E-state index in [1.807, 2.05) is 30.3 Å². The second-order valence-electron chi connectivity index (χ2n) is 3.65. The lowest BCUT2D eigenvalue weighted by Gasteiger charge is -2.22. The second kappa shape index (κ2) is 3.95. The molecule has 2 N–H and O–H groups in total. The minimum atomic E-state index is -0.709. The van der Waals surface area contributed by atoms with Crippen LogP contribution in [0.4, 0.5) is 0 Å². The van der Waals surface area contributed by atoms with Gasteiger partial charge in [-0.3, -0.25) is 0 Å². The summed E-state index contributed by atoms with van der Waals surface area (Å²) in [6.07, 6.45) is 1.93. The molecule has 2 atom stereocenters. The average molecular weight is 190 g/mol. The van der Waals surface area contributed by atoms with Gasteiger partial charge in [0.2, 0.25) is 0 Å². The first-order valence-corrected chi connectivity index (χ1v) is 4.89. The van der Waals surface area contributed by atoms with Crippen LogP contribution in [0.1, 0.15) is 18.4 Å². The van der Waals surface area contributed by atoms with Crippen LogP contribution in [0.3, 0.4) is 0 Å². The Kier molecular flexibility index (Phi) is 2.66. The monoisotopic (exact) mass is 190 g/mol. The molecule has 2 nitrogen and oxygen atoms in total. The first kappa shape index (κ1) is 9.44. The first-order chi connectivity index (χ1) is 6.77. The highest BCUT2D eigenvalue weighted by Crippen LogP contribution is 2.26. The normalized spacial score (nSPS) is 27.1. The maximum absolute atomic E-state index is 9.48. The van der Waals surface area contributed by atoms with Gasteiger partial charge in [0.15, 0.2) is 0 Å². The zero-order valence-electron chi connectivity index (χ0n) is 7.93. The van der Waals surface area contributed by atoms with E-state index in [9.17, 15) is 10.2 Å². The molecule has 1 aromatic rings. The Morgan fingerprint density at radius 1 is 1.07 bits per heavy atom. The minimum absolute atomic E-state index is 0.595. The van der Waals surface area contributed by atoms with E-state index in [1.54, 1.807) is 6.08 Å². The van der Waals surface area contributed by atoms with Crippen LogP contribution >= 0.6 is 0 Å². The summed E-state index contributed by atoms with van der Waals surface area (Å²) >= 11 is 0. The molecule has 74 valence electrons. The Balaban J connectivity index is 2.24. The molecule has 0 saturated carbocycles. The molecule has 2 heteroatoms. The molecule has 1 aliphatic carbocycles. The largest absolute Gasteiger partial charge is 0.390 e. The Hall–Kier alpha value is -1.12. The van der Waals surface area contributed by atoms with Gasteiger partial charge >= 0.3 is 0 Å². The molecule has 14 heavy (non-hydrogen) atoms. The molecule has 1 aliphatic rings. The number of rotatable bonds is 1. The van der Waals surface area contributed by atoms with E-state index in [1.165, 1.54) is 0 Å². The van der Waals surface area contributed by atoms with E-state index in [-0.39, 0.29) is 0 Å². The maximum Gasteiger partial charge on any atom is 0.0985 e. The van der Waals surface area contributed by atoms with Crippen LogP contribution in [0.25, 0.3) is 5.57 Å². The first-order valence-electron chi connectivity index (χ1n) is 4.89. The van der Waals surface area contributed by atoms with Crippen molar-refractivity contribution in [3.8, 4) is 0 Å². The fourth-order valence-corrected chi connectivity index (χ4v) is 1.77. The Morgan fingerprint density at radius 2 is 1.79 bits per heavy atom. The summed E-state index contributed by atoms with van der Waals surface area (Å²) in [4.78, 5) is 0. The second-order valence-corrected chi connectivity index (χ2v) is 3.65. The molecule has 0 amide bonds. The van der Waals surface area contributed by atoms with Crippen LogP contribution in [0.15, 0.2) is 36.4 Å². The van der Waals surface area contributed by atoms with E-state index in [0.717, 1.165) is 17.6 Å². The smallest absolute Gasteiger partial charge is 0.0985 e. The lowest BCUT2D eigenvalue weighted by atomic mass is 9.90. The number of hydrogen-bond donors (Lipinski definition) is 2. The van der Waals surface area contributed by atoms with Crippen molar-refractivity contribution in [1.29, 1.82) is 0 Å². The van der Waals surface area contributed by atoms with Crippen molar-refractivity contribution in [3.63, 3.8) is 0 Å². The van der Waals surface area contributed by atoms with E-state index in [0.29, 0.717) is 6.42 Å². The third-order valence-corrected chi connectivity index (χ3v) is 2.62. The SMILES string of the molecule is O[C@@H]1C=C(c2ccccc2)CC[C@H]1O. The van der Waals surface area contributed by atoms with E-state index < -0.39 is 12.2 Å². The number of aliphatic hydroxyl groups is 2.